The molecule has 0 saturated heterocycles. The largest absolute Gasteiger partial charge is 0.330 e. The normalized spacial score (nSPS) is 10.6. The summed E-state index contributed by atoms with van der Waals surface area (Å²) >= 11 is 0. The van der Waals surface area contributed by atoms with Crippen LogP contribution in [0.15, 0.2) is 48.5 Å². The average Bonchev–Trinajstić information content (AvgIpc) is 3.04. The number of carbonyl (C=O) groups excluding carboxylic acids is 3. The van der Waals surface area contributed by atoms with Crippen molar-refractivity contribution in [3.05, 3.63) is 76.6 Å². The van der Waals surface area contributed by atoms with Gasteiger partial charge in [-0.15, -0.1) is 0 Å². The molecule has 1 heterocycles. The maximum atomic E-state index is 12.9. The van der Waals surface area contributed by atoms with Crippen LogP contribution in [0.3, 0.4) is 0 Å². The summed E-state index contributed by atoms with van der Waals surface area (Å²) in [6.07, 6.45) is 0. The number of para-hydroxylation sites is 2. The zero-order chi connectivity index (χ0) is 22.7. The fourth-order valence-corrected chi connectivity index (χ4v) is 3.55. The minimum atomic E-state index is -0.754. The molecule has 0 radical (unpaired) electrons. The predicted octanol–water partition coefficient (Wildman–Crippen LogP) is 3.39. The van der Waals surface area contributed by atoms with Gasteiger partial charge in [-0.1, -0.05) is 36.4 Å². The van der Waals surface area contributed by atoms with Gasteiger partial charge in [-0.3, -0.25) is 14.4 Å². The van der Waals surface area contributed by atoms with E-state index >= 15 is 0 Å². The van der Waals surface area contributed by atoms with Crippen LogP contribution in [0.5, 0.6) is 0 Å². The molecule has 0 fully saturated rings. The van der Waals surface area contributed by atoms with Gasteiger partial charge in [-0.05, 0) is 51.0 Å². The Morgan fingerprint density at radius 3 is 2.16 bits per heavy atom. The Kier molecular flexibility index (Phi) is 6.34. The zero-order valence-electron chi connectivity index (χ0n) is 18.4. The lowest BCUT2D eigenvalue weighted by Gasteiger charge is -2.17. The first-order chi connectivity index (χ1) is 14.7. The van der Waals surface area contributed by atoms with Crippen LogP contribution in [-0.4, -0.2) is 45.9 Å². The maximum Gasteiger partial charge on any atom is 0.295 e. The zero-order valence-corrected chi connectivity index (χ0v) is 18.4. The molecule has 7 nitrogen and oxygen atoms in total. The number of hydrogen-bond donors (Lipinski definition) is 1. The van der Waals surface area contributed by atoms with Crippen LogP contribution in [0.4, 0.5) is 5.69 Å². The van der Waals surface area contributed by atoms with Crippen molar-refractivity contribution in [2.75, 3.05) is 18.9 Å². The maximum absolute atomic E-state index is 12.9. The van der Waals surface area contributed by atoms with Gasteiger partial charge >= 0.3 is 0 Å². The molecule has 0 unspecified atom stereocenters. The molecule has 160 valence electrons. The lowest BCUT2D eigenvalue weighted by molar-refractivity contribution is -0.129. The van der Waals surface area contributed by atoms with Gasteiger partial charge in [0.2, 0.25) is 5.91 Å². The van der Waals surface area contributed by atoms with E-state index < -0.39 is 11.7 Å². The average molecular weight is 418 g/mol. The minimum absolute atomic E-state index is 0.233. The Morgan fingerprint density at radius 1 is 0.935 bits per heavy atom. The van der Waals surface area contributed by atoms with Crippen LogP contribution in [-0.2, 0) is 9.59 Å². The van der Waals surface area contributed by atoms with Crippen LogP contribution in [0, 0.1) is 27.7 Å². The third-order valence-corrected chi connectivity index (χ3v) is 5.19. The Labute approximate surface area is 181 Å². The number of carbonyl (C=O) groups is 3. The third-order valence-electron chi connectivity index (χ3n) is 5.19. The van der Waals surface area contributed by atoms with Gasteiger partial charge in [0.1, 0.15) is 0 Å². The van der Waals surface area contributed by atoms with E-state index in [4.69, 9.17) is 0 Å². The monoisotopic (exact) mass is 418 g/mol. The van der Waals surface area contributed by atoms with Gasteiger partial charge in [0, 0.05) is 12.7 Å². The highest BCUT2D eigenvalue weighted by Gasteiger charge is 2.28. The second-order valence-electron chi connectivity index (χ2n) is 7.60. The molecule has 3 aromatic rings. The van der Waals surface area contributed by atoms with E-state index in [1.165, 1.54) is 7.05 Å². The molecule has 7 heteroatoms. The summed E-state index contributed by atoms with van der Waals surface area (Å²) in [5.74, 6) is -1.80. The summed E-state index contributed by atoms with van der Waals surface area (Å²) in [6.45, 7) is 7.01. The quantitative estimate of drug-likeness (QED) is 0.491. The first kappa shape index (κ1) is 22.0. The van der Waals surface area contributed by atoms with E-state index in [9.17, 15) is 14.4 Å². The second kappa shape index (κ2) is 8.95. The molecule has 0 bridgehead atoms. The van der Waals surface area contributed by atoms with Crippen LogP contribution in [0.25, 0.3) is 5.69 Å². The standard InChI is InChI=1S/C24H26N4O3/c1-15-10-9-11-16(2)22(15)25-20(29)14-27(5)24(31)23(30)21-17(3)26-28(18(21)4)19-12-7-6-8-13-19/h6-13H,14H2,1-5H3,(H,25,29). The number of aromatic nitrogens is 2. The highest BCUT2D eigenvalue weighted by molar-refractivity contribution is 6.43. The molecule has 0 aliphatic carbocycles. The lowest BCUT2D eigenvalue weighted by atomic mass is 10.1. The third kappa shape index (κ3) is 4.55. The van der Waals surface area contributed by atoms with E-state index in [2.05, 4.69) is 10.4 Å². The lowest BCUT2D eigenvalue weighted by Crippen LogP contribution is -2.39. The van der Waals surface area contributed by atoms with Gasteiger partial charge in [-0.2, -0.15) is 5.10 Å². The van der Waals surface area contributed by atoms with Crippen molar-refractivity contribution >= 4 is 23.3 Å². The number of amides is 2. The molecule has 0 spiro atoms. The summed E-state index contributed by atoms with van der Waals surface area (Å²) in [5.41, 5.74) is 4.68. The molecule has 3 rings (SSSR count). The van der Waals surface area contributed by atoms with E-state index in [1.807, 2.05) is 62.4 Å². The molecule has 1 N–H and O–H groups in total. The number of likely N-dealkylation sites (N-methyl/N-ethyl adjacent to an activating group) is 1. The summed E-state index contributed by atoms with van der Waals surface area (Å²) in [5, 5.41) is 7.26. The van der Waals surface area contributed by atoms with Crippen molar-refractivity contribution in [1.82, 2.24) is 14.7 Å². The number of ketones is 1. The highest BCUT2D eigenvalue weighted by Crippen LogP contribution is 2.20. The minimum Gasteiger partial charge on any atom is -0.330 e. The Hall–Kier alpha value is -3.74. The van der Waals surface area contributed by atoms with E-state index in [1.54, 1.807) is 18.5 Å². The molecule has 0 saturated carbocycles. The number of rotatable bonds is 6. The molecule has 0 aliphatic rings. The Balaban J connectivity index is 1.75. The molecule has 0 atom stereocenters. The highest BCUT2D eigenvalue weighted by atomic mass is 16.2. The van der Waals surface area contributed by atoms with Gasteiger partial charge in [0.15, 0.2) is 0 Å². The van der Waals surface area contributed by atoms with Crippen LogP contribution >= 0.6 is 0 Å². The molecular weight excluding hydrogens is 392 g/mol. The van der Waals surface area contributed by atoms with Gasteiger partial charge in [0.05, 0.1) is 29.2 Å². The van der Waals surface area contributed by atoms with Crippen LogP contribution < -0.4 is 5.32 Å². The van der Waals surface area contributed by atoms with Crippen molar-refractivity contribution in [1.29, 1.82) is 0 Å². The number of aryl methyl sites for hydroxylation is 3. The number of benzene rings is 2. The summed E-state index contributed by atoms with van der Waals surface area (Å²) in [7, 11) is 1.44. The first-order valence-corrected chi connectivity index (χ1v) is 9.98. The number of nitrogens with zero attached hydrogens (tertiary/aromatic N) is 3. The van der Waals surface area contributed by atoms with E-state index in [0.29, 0.717) is 11.4 Å². The van der Waals surface area contributed by atoms with Crippen LogP contribution in [0.2, 0.25) is 0 Å². The molecule has 2 aromatic carbocycles. The molecule has 2 amide bonds. The van der Waals surface area contributed by atoms with Crippen LogP contribution in [0.1, 0.15) is 32.9 Å². The topological polar surface area (TPSA) is 84.3 Å². The first-order valence-electron chi connectivity index (χ1n) is 9.98. The number of nitrogens with one attached hydrogen (secondary N) is 1. The molecule has 0 aliphatic heterocycles. The van der Waals surface area contributed by atoms with Gasteiger partial charge in [-0.25, -0.2) is 4.68 Å². The number of anilines is 1. The van der Waals surface area contributed by atoms with Crippen molar-refractivity contribution in [3.8, 4) is 5.69 Å². The molecule has 1 aromatic heterocycles. The summed E-state index contributed by atoms with van der Waals surface area (Å²) in [6, 6.07) is 15.1. The number of hydrogen-bond acceptors (Lipinski definition) is 4. The van der Waals surface area contributed by atoms with Crippen molar-refractivity contribution < 1.29 is 14.4 Å². The molecule has 31 heavy (non-hydrogen) atoms. The fraction of sp³-hybridized carbons (Fsp3) is 0.250. The summed E-state index contributed by atoms with van der Waals surface area (Å²) < 4.78 is 1.64. The van der Waals surface area contributed by atoms with Gasteiger partial charge < -0.3 is 10.2 Å². The second-order valence-corrected chi connectivity index (χ2v) is 7.60. The SMILES string of the molecule is Cc1cccc(C)c1NC(=O)CN(C)C(=O)C(=O)c1c(C)nn(-c2ccccc2)c1C. The van der Waals surface area contributed by atoms with Gasteiger partial charge in [0.25, 0.3) is 11.7 Å². The number of Topliss-reactive ketones (excluding diaryl/α,β-unsaturated/α-hetero) is 1. The van der Waals surface area contributed by atoms with Crippen molar-refractivity contribution in [2.45, 2.75) is 27.7 Å². The summed E-state index contributed by atoms with van der Waals surface area (Å²) in [4.78, 5) is 39.3. The van der Waals surface area contributed by atoms with Crippen molar-refractivity contribution in [3.63, 3.8) is 0 Å². The Bertz CT molecular complexity index is 1130. The fourth-order valence-electron chi connectivity index (χ4n) is 3.55. The van der Waals surface area contributed by atoms with Crippen molar-refractivity contribution in [2.24, 2.45) is 0 Å². The molecular formula is C24H26N4O3. The van der Waals surface area contributed by atoms with E-state index in [-0.39, 0.29) is 18.0 Å². The van der Waals surface area contributed by atoms with E-state index in [0.717, 1.165) is 27.4 Å². The smallest absolute Gasteiger partial charge is 0.295 e. The predicted molar refractivity (Wildman–Crippen MR) is 120 cm³/mol. The Morgan fingerprint density at radius 2 is 1.55 bits per heavy atom.